The lowest BCUT2D eigenvalue weighted by atomic mass is 10.1. The summed E-state index contributed by atoms with van der Waals surface area (Å²) in [5.74, 6) is -0.776. The van der Waals surface area contributed by atoms with E-state index < -0.39 is 28.5 Å². The van der Waals surface area contributed by atoms with E-state index in [-0.39, 0.29) is 12.5 Å². The van der Waals surface area contributed by atoms with Crippen LogP contribution < -0.4 is 9.62 Å². The van der Waals surface area contributed by atoms with Crippen molar-refractivity contribution < 1.29 is 18.0 Å². The van der Waals surface area contributed by atoms with Crippen LogP contribution in [0.1, 0.15) is 30.5 Å². The molecule has 0 heterocycles. The number of sulfonamides is 1. The van der Waals surface area contributed by atoms with Crippen molar-refractivity contribution in [2.24, 2.45) is 0 Å². The van der Waals surface area contributed by atoms with Crippen molar-refractivity contribution in [1.82, 2.24) is 10.2 Å². The molecule has 0 aliphatic rings. The van der Waals surface area contributed by atoms with Gasteiger partial charge in [-0.05, 0) is 43.5 Å². The Balaban J connectivity index is 2.36. The molecule has 2 rings (SSSR count). The molecule has 0 aliphatic carbocycles. The maximum absolute atomic E-state index is 13.3. The van der Waals surface area contributed by atoms with Crippen LogP contribution in [-0.2, 0) is 32.6 Å². The van der Waals surface area contributed by atoms with Crippen molar-refractivity contribution in [2.45, 2.75) is 39.8 Å². The fraction of sp³-hybridized carbons (Fsp3) is 0.391. The van der Waals surface area contributed by atoms with Gasteiger partial charge in [0.15, 0.2) is 0 Å². The molecule has 0 saturated heterocycles. The number of nitrogens with one attached hydrogen (secondary N) is 1. The summed E-state index contributed by atoms with van der Waals surface area (Å²) in [6.45, 7) is 5.39. The van der Waals surface area contributed by atoms with Gasteiger partial charge in [0, 0.05) is 13.6 Å². The van der Waals surface area contributed by atoms with Crippen LogP contribution in [0.5, 0.6) is 0 Å². The van der Waals surface area contributed by atoms with Crippen LogP contribution in [0.3, 0.4) is 0 Å². The predicted octanol–water partition coefficient (Wildman–Crippen LogP) is 2.49. The van der Waals surface area contributed by atoms with E-state index in [1.807, 2.05) is 50.2 Å². The van der Waals surface area contributed by atoms with Gasteiger partial charge in [-0.25, -0.2) is 8.42 Å². The van der Waals surface area contributed by atoms with Crippen molar-refractivity contribution in [2.75, 3.05) is 24.2 Å². The maximum Gasteiger partial charge on any atom is 0.244 e. The van der Waals surface area contributed by atoms with Crippen molar-refractivity contribution in [1.29, 1.82) is 0 Å². The van der Waals surface area contributed by atoms with Gasteiger partial charge >= 0.3 is 0 Å². The molecular formula is C23H31N3O4S. The Labute approximate surface area is 185 Å². The van der Waals surface area contributed by atoms with Gasteiger partial charge < -0.3 is 10.2 Å². The van der Waals surface area contributed by atoms with Gasteiger partial charge in [-0.1, -0.05) is 48.9 Å². The van der Waals surface area contributed by atoms with Crippen LogP contribution in [0, 0.1) is 6.92 Å². The largest absolute Gasteiger partial charge is 0.357 e. The fourth-order valence-electron chi connectivity index (χ4n) is 3.31. The van der Waals surface area contributed by atoms with E-state index in [0.717, 1.165) is 33.7 Å². The third-order valence-corrected chi connectivity index (χ3v) is 6.30. The molecule has 8 heteroatoms. The number of hydrogen-bond donors (Lipinski definition) is 1. The molecule has 2 amide bonds. The summed E-state index contributed by atoms with van der Waals surface area (Å²) in [5, 5.41) is 2.56. The van der Waals surface area contributed by atoms with Gasteiger partial charge in [0.05, 0.1) is 11.9 Å². The highest BCUT2D eigenvalue weighted by Gasteiger charge is 2.29. The second kappa shape index (κ2) is 10.4. The molecule has 0 fully saturated rings. The first kappa shape index (κ1) is 24.4. The van der Waals surface area contributed by atoms with Gasteiger partial charge in [-0.2, -0.15) is 0 Å². The summed E-state index contributed by atoms with van der Waals surface area (Å²) in [6.07, 6.45) is 1.90. The van der Waals surface area contributed by atoms with Crippen molar-refractivity contribution >= 4 is 27.5 Å². The summed E-state index contributed by atoms with van der Waals surface area (Å²) in [6, 6.07) is 14.0. The molecule has 0 aliphatic heterocycles. The van der Waals surface area contributed by atoms with Gasteiger partial charge in [0.1, 0.15) is 12.6 Å². The summed E-state index contributed by atoms with van der Waals surface area (Å²) >= 11 is 0. The minimum atomic E-state index is -3.71. The molecule has 31 heavy (non-hydrogen) atoms. The molecule has 1 N–H and O–H groups in total. The zero-order valence-corrected chi connectivity index (χ0v) is 19.6. The minimum absolute atomic E-state index is 0.196. The summed E-state index contributed by atoms with van der Waals surface area (Å²) in [4.78, 5) is 27.0. The van der Waals surface area contributed by atoms with E-state index in [4.69, 9.17) is 0 Å². The van der Waals surface area contributed by atoms with Crippen molar-refractivity contribution in [3.8, 4) is 0 Å². The Bertz CT molecular complexity index is 1020. The zero-order valence-electron chi connectivity index (χ0n) is 18.8. The van der Waals surface area contributed by atoms with Gasteiger partial charge in [0.25, 0.3) is 0 Å². The molecule has 0 saturated carbocycles. The number of amides is 2. The molecular weight excluding hydrogens is 414 g/mol. The highest BCUT2D eigenvalue weighted by atomic mass is 32.2. The average Bonchev–Trinajstić information content (AvgIpc) is 2.74. The molecule has 0 spiro atoms. The number of anilines is 1. The molecule has 0 radical (unpaired) electrons. The van der Waals surface area contributed by atoms with Crippen LogP contribution in [0.15, 0.2) is 48.5 Å². The lowest BCUT2D eigenvalue weighted by Crippen LogP contribution is -2.50. The SMILES string of the molecule is CCc1ccc(N(CC(=O)N(Cc2cccc(C)c2)[C@H](C)C(=O)NC)S(C)(=O)=O)cc1. The normalized spacial score (nSPS) is 12.2. The number of hydrogen-bond acceptors (Lipinski definition) is 4. The second-order valence-corrected chi connectivity index (χ2v) is 9.50. The van der Waals surface area contributed by atoms with Crippen molar-refractivity contribution in [3.63, 3.8) is 0 Å². The van der Waals surface area contributed by atoms with E-state index in [1.165, 1.54) is 11.9 Å². The van der Waals surface area contributed by atoms with Gasteiger partial charge in [-0.15, -0.1) is 0 Å². The fourth-order valence-corrected chi connectivity index (χ4v) is 4.16. The summed E-state index contributed by atoms with van der Waals surface area (Å²) in [7, 11) is -2.21. The Kier molecular flexibility index (Phi) is 8.21. The number of aryl methyl sites for hydroxylation is 2. The molecule has 168 valence electrons. The summed E-state index contributed by atoms with van der Waals surface area (Å²) in [5.41, 5.74) is 3.38. The van der Waals surface area contributed by atoms with E-state index in [1.54, 1.807) is 19.1 Å². The molecule has 1 atom stereocenters. The number of nitrogens with zero attached hydrogens (tertiary/aromatic N) is 2. The standard InChI is InChI=1S/C23H31N3O4S/c1-6-19-10-12-21(13-11-19)26(31(5,29)30)16-22(27)25(18(3)23(28)24-4)15-20-9-7-8-17(2)14-20/h7-14,18H,6,15-16H2,1-5H3,(H,24,28)/t18-/m1/s1. The highest BCUT2D eigenvalue weighted by Crippen LogP contribution is 2.20. The predicted molar refractivity (Wildman–Crippen MR) is 123 cm³/mol. The first-order valence-corrected chi connectivity index (χ1v) is 12.0. The third kappa shape index (κ3) is 6.55. The molecule has 7 nitrogen and oxygen atoms in total. The lowest BCUT2D eigenvalue weighted by molar-refractivity contribution is -0.139. The lowest BCUT2D eigenvalue weighted by Gasteiger charge is -2.31. The molecule has 0 unspecified atom stereocenters. The number of rotatable bonds is 9. The molecule has 2 aromatic carbocycles. The smallest absolute Gasteiger partial charge is 0.244 e. The minimum Gasteiger partial charge on any atom is -0.357 e. The molecule has 0 aromatic heterocycles. The van der Waals surface area contributed by atoms with Crippen LogP contribution in [0.25, 0.3) is 0 Å². The number of carbonyl (C=O) groups excluding carboxylic acids is 2. The second-order valence-electron chi connectivity index (χ2n) is 7.59. The van der Waals surface area contributed by atoms with E-state index >= 15 is 0 Å². The number of carbonyl (C=O) groups is 2. The van der Waals surface area contributed by atoms with Crippen molar-refractivity contribution in [3.05, 3.63) is 65.2 Å². The van der Waals surface area contributed by atoms with Crippen LogP contribution in [0.2, 0.25) is 0 Å². The maximum atomic E-state index is 13.3. The van der Waals surface area contributed by atoms with Crippen LogP contribution in [-0.4, -0.2) is 51.0 Å². The first-order chi connectivity index (χ1) is 14.6. The van der Waals surface area contributed by atoms with Crippen LogP contribution in [0.4, 0.5) is 5.69 Å². The Morgan fingerprint density at radius 1 is 1.06 bits per heavy atom. The molecule has 2 aromatic rings. The van der Waals surface area contributed by atoms with Gasteiger partial charge in [0.2, 0.25) is 21.8 Å². The van der Waals surface area contributed by atoms with Crippen LogP contribution >= 0.6 is 0 Å². The third-order valence-electron chi connectivity index (χ3n) is 5.16. The Hall–Kier alpha value is -2.87. The van der Waals surface area contributed by atoms with Gasteiger partial charge in [-0.3, -0.25) is 13.9 Å². The summed E-state index contributed by atoms with van der Waals surface area (Å²) < 4.78 is 26.0. The number of benzene rings is 2. The molecule has 0 bridgehead atoms. The number of likely N-dealkylation sites (N-methyl/N-ethyl adjacent to an activating group) is 1. The Morgan fingerprint density at radius 3 is 2.23 bits per heavy atom. The topological polar surface area (TPSA) is 86.8 Å². The first-order valence-electron chi connectivity index (χ1n) is 10.2. The quantitative estimate of drug-likeness (QED) is 0.642. The highest BCUT2D eigenvalue weighted by molar-refractivity contribution is 7.92. The monoisotopic (exact) mass is 445 g/mol. The van der Waals surface area contributed by atoms with E-state index in [0.29, 0.717) is 5.69 Å². The Morgan fingerprint density at radius 2 is 1.71 bits per heavy atom. The zero-order chi connectivity index (χ0) is 23.2. The van der Waals surface area contributed by atoms with E-state index in [2.05, 4.69) is 5.32 Å². The average molecular weight is 446 g/mol. The van der Waals surface area contributed by atoms with E-state index in [9.17, 15) is 18.0 Å².